The van der Waals surface area contributed by atoms with E-state index in [2.05, 4.69) is 34.6 Å². The van der Waals surface area contributed by atoms with E-state index >= 15 is 0 Å². The second-order valence-corrected chi connectivity index (χ2v) is 5.40. The van der Waals surface area contributed by atoms with E-state index in [0.29, 0.717) is 12.0 Å². The number of ether oxygens (including phenoxy) is 1. The predicted molar refractivity (Wildman–Crippen MR) is 72.9 cm³/mol. The van der Waals surface area contributed by atoms with Crippen LogP contribution in [0.25, 0.3) is 0 Å². The van der Waals surface area contributed by atoms with Crippen molar-refractivity contribution in [1.29, 1.82) is 0 Å². The smallest absolute Gasteiger partial charge is 0.0589 e. The van der Waals surface area contributed by atoms with Crippen LogP contribution in [0.3, 0.4) is 0 Å². The van der Waals surface area contributed by atoms with Gasteiger partial charge in [0, 0.05) is 37.5 Å². The maximum atomic E-state index is 5.14. The quantitative estimate of drug-likeness (QED) is 0.804. The van der Waals surface area contributed by atoms with Gasteiger partial charge in [-0.25, -0.2) is 0 Å². The highest BCUT2D eigenvalue weighted by Gasteiger charge is 2.23. The molecule has 2 heterocycles. The topological polar surface area (TPSA) is 30.3 Å². The molecule has 0 aromatic carbocycles. The van der Waals surface area contributed by atoms with Crippen LogP contribution in [0.2, 0.25) is 0 Å². The van der Waals surface area contributed by atoms with E-state index in [4.69, 9.17) is 4.74 Å². The minimum Gasteiger partial charge on any atom is -0.383 e. The molecule has 0 bridgehead atoms. The van der Waals surface area contributed by atoms with Crippen molar-refractivity contribution in [1.82, 2.24) is 14.7 Å². The van der Waals surface area contributed by atoms with Gasteiger partial charge in [0.2, 0.25) is 0 Å². The van der Waals surface area contributed by atoms with E-state index < -0.39 is 0 Å². The van der Waals surface area contributed by atoms with Crippen molar-refractivity contribution in [2.75, 3.05) is 33.4 Å². The van der Waals surface area contributed by atoms with Gasteiger partial charge in [-0.2, -0.15) is 5.10 Å². The SMILES string of the molecule is COCCN1CCC(c2ccnn2C(C)C)CC1. The van der Waals surface area contributed by atoms with Crippen LogP contribution in [0.4, 0.5) is 0 Å². The lowest BCUT2D eigenvalue weighted by molar-refractivity contribution is 0.129. The summed E-state index contributed by atoms with van der Waals surface area (Å²) < 4.78 is 7.31. The Kier molecular flexibility index (Phi) is 4.78. The number of aromatic nitrogens is 2. The third-order valence-electron chi connectivity index (χ3n) is 3.81. The maximum absolute atomic E-state index is 5.14. The predicted octanol–water partition coefficient (Wildman–Crippen LogP) is 2.29. The zero-order valence-corrected chi connectivity index (χ0v) is 11.8. The summed E-state index contributed by atoms with van der Waals surface area (Å²) in [5, 5.41) is 4.44. The highest BCUT2D eigenvalue weighted by molar-refractivity contribution is 5.10. The lowest BCUT2D eigenvalue weighted by Gasteiger charge is -2.32. The molecule has 1 saturated heterocycles. The van der Waals surface area contributed by atoms with Gasteiger partial charge in [-0.3, -0.25) is 4.68 Å². The Morgan fingerprint density at radius 3 is 2.72 bits per heavy atom. The molecule has 18 heavy (non-hydrogen) atoms. The molecule has 102 valence electrons. The molecule has 0 unspecified atom stereocenters. The summed E-state index contributed by atoms with van der Waals surface area (Å²) in [5.41, 5.74) is 1.41. The van der Waals surface area contributed by atoms with Gasteiger partial charge in [0.1, 0.15) is 0 Å². The number of likely N-dealkylation sites (tertiary alicyclic amines) is 1. The molecule has 2 rings (SSSR count). The molecule has 4 heteroatoms. The van der Waals surface area contributed by atoms with Gasteiger partial charge >= 0.3 is 0 Å². The Balaban J connectivity index is 1.91. The first-order valence-corrected chi connectivity index (χ1v) is 6.97. The summed E-state index contributed by atoms with van der Waals surface area (Å²) in [5.74, 6) is 0.675. The van der Waals surface area contributed by atoms with Crippen molar-refractivity contribution in [2.24, 2.45) is 0 Å². The molecule has 4 nitrogen and oxygen atoms in total. The largest absolute Gasteiger partial charge is 0.383 e. The summed E-state index contributed by atoms with van der Waals surface area (Å²) in [6, 6.07) is 2.65. The van der Waals surface area contributed by atoms with Gasteiger partial charge in [0.15, 0.2) is 0 Å². The molecule has 0 saturated carbocycles. The van der Waals surface area contributed by atoms with E-state index in [9.17, 15) is 0 Å². The van der Waals surface area contributed by atoms with Gasteiger partial charge in [-0.1, -0.05) is 0 Å². The first-order chi connectivity index (χ1) is 8.72. The summed E-state index contributed by atoms with van der Waals surface area (Å²) >= 11 is 0. The van der Waals surface area contributed by atoms with Crippen LogP contribution in [-0.4, -0.2) is 48.0 Å². The number of rotatable bonds is 5. The minimum atomic E-state index is 0.460. The number of hydrogen-bond donors (Lipinski definition) is 0. The fourth-order valence-electron chi connectivity index (χ4n) is 2.75. The van der Waals surface area contributed by atoms with E-state index in [-0.39, 0.29) is 0 Å². The molecule has 1 aromatic rings. The Hall–Kier alpha value is -0.870. The Labute approximate surface area is 110 Å². The molecule has 0 amide bonds. The Morgan fingerprint density at radius 1 is 1.39 bits per heavy atom. The van der Waals surface area contributed by atoms with Crippen LogP contribution in [-0.2, 0) is 4.74 Å². The van der Waals surface area contributed by atoms with Crippen LogP contribution in [0.1, 0.15) is 44.3 Å². The molecule has 0 atom stereocenters. The summed E-state index contributed by atoms with van der Waals surface area (Å²) in [7, 11) is 1.77. The van der Waals surface area contributed by atoms with Gasteiger partial charge in [0.25, 0.3) is 0 Å². The van der Waals surface area contributed by atoms with E-state index in [1.54, 1.807) is 7.11 Å². The summed E-state index contributed by atoms with van der Waals surface area (Å²) in [4.78, 5) is 2.50. The highest BCUT2D eigenvalue weighted by Crippen LogP contribution is 2.28. The third kappa shape index (κ3) is 3.12. The van der Waals surface area contributed by atoms with Crippen LogP contribution < -0.4 is 0 Å². The number of piperidine rings is 1. The molecule has 1 aromatic heterocycles. The lowest BCUT2D eigenvalue weighted by Crippen LogP contribution is -2.35. The molecule has 0 aliphatic carbocycles. The van der Waals surface area contributed by atoms with Crippen molar-refractivity contribution >= 4 is 0 Å². The van der Waals surface area contributed by atoms with Crippen molar-refractivity contribution in [3.05, 3.63) is 18.0 Å². The fraction of sp³-hybridized carbons (Fsp3) is 0.786. The van der Waals surface area contributed by atoms with E-state index in [1.807, 2.05) is 6.20 Å². The summed E-state index contributed by atoms with van der Waals surface area (Å²) in [6.07, 6.45) is 4.41. The molecule has 0 spiro atoms. The van der Waals surface area contributed by atoms with E-state index in [0.717, 1.165) is 13.2 Å². The number of methoxy groups -OCH3 is 1. The third-order valence-corrected chi connectivity index (χ3v) is 3.81. The van der Waals surface area contributed by atoms with Crippen LogP contribution in [0.5, 0.6) is 0 Å². The summed E-state index contributed by atoms with van der Waals surface area (Å²) in [6.45, 7) is 8.66. The standard InChI is InChI=1S/C14H25N3O/c1-12(2)17-14(4-7-15-17)13-5-8-16(9-6-13)10-11-18-3/h4,7,12-13H,5-6,8-11H2,1-3H3. The Bertz CT molecular complexity index is 354. The number of hydrogen-bond acceptors (Lipinski definition) is 3. The van der Waals surface area contributed by atoms with E-state index in [1.165, 1.54) is 31.6 Å². The average Bonchev–Trinajstić information content (AvgIpc) is 2.86. The maximum Gasteiger partial charge on any atom is 0.0589 e. The second kappa shape index (κ2) is 6.34. The van der Waals surface area contributed by atoms with Crippen LogP contribution in [0, 0.1) is 0 Å². The van der Waals surface area contributed by atoms with Crippen LogP contribution in [0.15, 0.2) is 12.3 Å². The fourth-order valence-corrected chi connectivity index (χ4v) is 2.75. The normalized spacial score (nSPS) is 18.7. The highest BCUT2D eigenvalue weighted by atomic mass is 16.5. The number of nitrogens with zero attached hydrogens (tertiary/aromatic N) is 3. The lowest BCUT2D eigenvalue weighted by atomic mass is 9.93. The van der Waals surface area contributed by atoms with Crippen molar-refractivity contribution in [2.45, 2.75) is 38.6 Å². The molecule has 0 N–H and O–H groups in total. The molecule has 0 radical (unpaired) electrons. The first kappa shape index (κ1) is 13.6. The average molecular weight is 251 g/mol. The molecule has 1 aliphatic rings. The second-order valence-electron chi connectivity index (χ2n) is 5.40. The zero-order chi connectivity index (χ0) is 13.0. The van der Waals surface area contributed by atoms with Crippen molar-refractivity contribution in [3.8, 4) is 0 Å². The van der Waals surface area contributed by atoms with Crippen molar-refractivity contribution < 1.29 is 4.74 Å². The van der Waals surface area contributed by atoms with Gasteiger partial charge in [-0.15, -0.1) is 0 Å². The molecular formula is C14H25N3O. The monoisotopic (exact) mass is 251 g/mol. The molecule has 1 fully saturated rings. The molecule has 1 aliphatic heterocycles. The first-order valence-electron chi connectivity index (χ1n) is 6.97. The van der Waals surface area contributed by atoms with Crippen LogP contribution >= 0.6 is 0 Å². The van der Waals surface area contributed by atoms with Gasteiger partial charge < -0.3 is 9.64 Å². The Morgan fingerprint density at radius 2 is 2.11 bits per heavy atom. The minimum absolute atomic E-state index is 0.460. The zero-order valence-electron chi connectivity index (χ0n) is 11.8. The molecular weight excluding hydrogens is 226 g/mol. The van der Waals surface area contributed by atoms with Crippen molar-refractivity contribution in [3.63, 3.8) is 0 Å². The van der Waals surface area contributed by atoms with Gasteiger partial charge in [0.05, 0.1) is 6.61 Å². The van der Waals surface area contributed by atoms with Gasteiger partial charge in [-0.05, 0) is 45.8 Å².